The van der Waals surface area contributed by atoms with Gasteiger partial charge in [-0.15, -0.1) is 11.3 Å². The number of nitrogens with zero attached hydrogens (tertiary/aromatic N) is 3. The molecule has 5 rings (SSSR count). The Morgan fingerprint density at radius 1 is 1.22 bits per heavy atom. The molecule has 1 aliphatic carbocycles. The first-order valence-corrected chi connectivity index (χ1v) is 10.8. The van der Waals surface area contributed by atoms with Crippen LogP contribution < -0.4 is 10.2 Å². The number of thiophene rings is 1. The quantitative estimate of drug-likeness (QED) is 0.714. The summed E-state index contributed by atoms with van der Waals surface area (Å²) in [5, 5.41) is 5.02. The Labute approximate surface area is 164 Å². The predicted molar refractivity (Wildman–Crippen MR) is 112 cm³/mol. The van der Waals surface area contributed by atoms with Gasteiger partial charge in [0.25, 0.3) is 0 Å². The maximum atomic E-state index is 4.63. The molecule has 1 saturated carbocycles. The van der Waals surface area contributed by atoms with E-state index in [4.69, 9.17) is 0 Å². The van der Waals surface area contributed by atoms with Gasteiger partial charge >= 0.3 is 0 Å². The molecule has 0 radical (unpaired) electrons. The van der Waals surface area contributed by atoms with Crippen LogP contribution in [0, 0.1) is 5.41 Å². The molecule has 2 aliphatic rings. The molecule has 27 heavy (non-hydrogen) atoms. The molecule has 1 unspecified atom stereocenters. The van der Waals surface area contributed by atoms with Gasteiger partial charge in [0.2, 0.25) is 0 Å². The summed E-state index contributed by atoms with van der Waals surface area (Å²) in [4.78, 5) is 14.1. The van der Waals surface area contributed by atoms with Gasteiger partial charge in [-0.1, -0.05) is 37.3 Å². The normalized spacial score (nSPS) is 21.1. The SMILES string of the molecule is CCc1cc2c(N3CC4(CCC(NCc5ccccc5)C4)C3)ncnc2s1. The van der Waals surface area contributed by atoms with Gasteiger partial charge in [0, 0.05) is 36.0 Å². The molecule has 3 aromatic rings. The van der Waals surface area contributed by atoms with E-state index >= 15 is 0 Å². The van der Waals surface area contributed by atoms with Crippen LogP contribution >= 0.6 is 11.3 Å². The third kappa shape index (κ3) is 3.23. The van der Waals surface area contributed by atoms with Crippen molar-refractivity contribution in [1.29, 1.82) is 0 Å². The molecular formula is C22H26N4S. The number of hydrogen-bond donors (Lipinski definition) is 1. The Hall–Kier alpha value is -1.98. The Kier molecular flexibility index (Phi) is 4.37. The lowest BCUT2D eigenvalue weighted by Gasteiger charge is -2.49. The molecule has 4 nitrogen and oxygen atoms in total. The molecule has 1 aliphatic heterocycles. The minimum atomic E-state index is 0.481. The summed E-state index contributed by atoms with van der Waals surface area (Å²) >= 11 is 1.80. The van der Waals surface area contributed by atoms with Crippen molar-refractivity contribution in [1.82, 2.24) is 15.3 Å². The van der Waals surface area contributed by atoms with Gasteiger partial charge in [0.1, 0.15) is 17.0 Å². The topological polar surface area (TPSA) is 41.0 Å². The number of anilines is 1. The van der Waals surface area contributed by atoms with E-state index in [9.17, 15) is 0 Å². The zero-order chi connectivity index (χ0) is 18.3. The van der Waals surface area contributed by atoms with E-state index in [-0.39, 0.29) is 0 Å². The fourth-order valence-corrected chi connectivity index (χ4v) is 5.69. The number of aromatic nitrogens is 2. The molecule has 3 heterocycles. The van der Waals surface area contributed by atoms with E-state index in [1.807, 2.05) is 0 Å². The molecule has 1 atom stereocenters. The standard InChI is InChI=1S/C22H26N4S/c1-2-18-10-19-20(24-15-25-21(19)27-18)26-13-22(14-26)9-8-17(11-22)23-12-16-6-4-3-5-7-16/h3-7,10,15,17,23H,2,8-9,11-14H2,1H3. The molecule has 2 aromatic heterocycles. The highest BCUT2D eigenvalue weighted by molar-refractivity contribution is 7.18. The van der Waals surface area contributed by atoms with Crippen LogP contribution in [-0.2, 0) is 13.0 Å². The first kappa shape index (κ1) is 17.1. The molecule has 5 heteroatoms. The highest BCUT2D eigenvalue weighted by atomic mass is 32.1. The van der Waals surface area contributed by atoms with Crippen molar-refractivity contribution in [2.24, 2.45) is 5.41 Å². The fraction of sp³-hybridized carbons (Fsp3) is 0.455. The maximum Gasteiger partial charge on any atom is 0.140 e. The van der Waals surface area contributed by atoms with Crippen LogP contribution in [0.5, 0.6) is 0 Å². The first-order chi connectivity index (χ1) is 13.2. The summed E-state index contributed by atoms with van der Waals surface area (Å²) in [7, 11) is 0. The number of fused-ring (bicyclic) bond motifs is 1. The lowest BCUT2D eigenvalue weighted by molar-refractivity contribution is 0.214. The van der Waals surface area contributed by atoms with Crippen LogP contribution in [0.15, 0.2) is 42.7 Å². The van der Waals surface area contributed by atoms with Gasteiger partial charge in [-0.25, -0.2) is 9.97 Å². The molecule has 0 bridgehead atoms. The lowest BCUT2D eigenvalue weighted by atomic mass is 9.78. The van der Waals surface area contributed by atoms with Crippen LogP contribution in [0.3, 0.4) is 0 Å². The summed E-state index contributed by atoms with van der Waals surface area (Å²) in [6.45, 7) is 5.46. The highest BCUT2D eigenvalue weighted by Gasteiger charge is 2.48. The van der Waals surface area contributed by atoms with Gasteiger partial charge < -0.3 is 10.2 Å². The summed E-state index contributed by atoms with van der Waals surface area (Å²) in [5.74, 6) is 1.14. The second kappa shape index (κ2) is 6.88. The Balaban J connectivity index is 1.22. The van der Waals surface area contributed by atoms with Crippen LogP contribution in [0.1, 0.15) is 36.6 Å². The smallest absolute Gasteiger partial charge is 0.140 e. The number of hydrogen-bond acceptors (Lipinski definition) is 5. The fourth-order valence-electron chi connectivity index (χ4n) is 4.76. The zero-order valence-electron chi connectivity index (χ0n) is 15.8. The molecule has 1 saturated heterocycles. The number of nitrogens with one attached hydrogen (secondary N) is 1. The van der Waals surface area contributed by atoms with Crippen LogP contribution in [0.25, 0.3) is 10.2 Å². The largest absolute Gasteiger partial charge is 0.355 e. The number of rotatable bonds is 5. The van der Waals surface area contributed by atoms with Crippen molar-refractivity contribution in [2.45, 2.75) is 45.2 Å². The van der Waals surface area contributed by atoms with E-state index < -0.39 is 0 Å². The van der Waals surface area contributed by atoms with Gasteiger partial charge in [0.15, 0.2) is 0 Å². The Morgan fingerprint density at radius 2 is 2.07 bits per heavy atom. The zero-order valence-corrected chi connectivity index (χ0v) is 16.6. The lowest BCUT2D eigenvalue weighted by Crippen LogP contribution is -2.56. The van der Waals surface area contributed by atoms with Gasteiger partial charge in [-0.3, -0.25) is 0 Å². The van der Waals surface area contributed by atoms with Crippen molar-refractivity contribution in [3.05, 3.63) is 53.2 Å². The minimum Gasteiger partial charge on any atom is -0.355 e. The van der Waals surface area contributed by atoms with Crippen LogP contribution in [0.2, 0.25) is 0 Å². The predicted octanol–water partition coefficient (Wildman–Crippen LogP) is 4.40. The van der Waals surface area contributed by atoms with Crippen molar-refractivity contribution < 1.29 is 0 Å². The maximum absolute atomic E-state index is 4.63. The average Bonchev–Trinajstić information content (AvgIpc) is 3.30. The second-order valence-corrected chi connectivity index (χ2v) is 9.26. The molecular weight excluding hydrogens is 352 g/mol. The van der Waals surface area contributed by atoms with Gasteiger partial charge in [-0.05, 0) is 37.3 Å². The highest BCUT2D eigenvalue weighted by Crippen LogP contribution is 2.48. The molecule has 1 aromatic carbocycles. The van der Waals surface area contributed by atoms with Gasteiger partial charge in [-0.2, -0.15) is 0 Å². The van der Waals surface area contributed by atoms with Crippen molar-refractivity contribution >= 4 is 27.4 Å². The van der Waals surface area contributed by atoms with Crippen molar-refractivity contribution in [2.75, 3.05) is 18.0 Å². The molecule has 1 N–H and O–H groups in total. The van der Waals surface area contributed by atoms with E-state index in [1.54, 1.807) is 17.7 Å². The van der Waals surface area contributed by atoms with Crippen molar-refractivity contribution in [3.63, 3.8) is 0 Å². The summed E-state index contributed by atoms with van der Waals surface area (Å²) < 4.78 is 0. The van der Waals surface area contributed by atoms with Gasteiger partial charge in [0.05, 0.1) is 5.39 Å². The van der Waals surface area contributed by atoms with E-state index in [2.05, 4.69) is 63.5 Å². The first-order valence-electron chi connectivity index (χ1n) is 10.0. The Morgan fingerprint density at radius 3 is 2.89 bits per heavy atom. The van der Waals surface area contributed by atoms with Crippen molar-refractivity contribution in [3.8, 4) is 0 Å². The summed E-state index contributed by atoms with van der Waals surface area (Å²) in [5.41, 5.74) is 1.86. The van der Waals surface area contributed by atoms with Crippen LogP contribution in [-0.4, -0.2) is 29.1 Å². The monoisotopic (exact) mass is 378 g/mol. The van der Waals surface area contributed by atoms with E-state index in [0.29, 0.717) is 11.5 Å². The second-order valence-electron chi connectivity index (χ2n) is 8.14. The number of aryl methyl sites for hydroxylation is 1. The molecule has 1 spiro atoms. The third-order valence-corrected chi connectivity index (χ3v) is 7.39. The van der Waals surface area contributed by atoms with E-state index in [0.717, 1.165) is 36.7 Å². The Bertz CT molecular complexity index is 930. The number of benzene rings is 1. The summed E-state index contributed by atoms with van der Waals surface area (Å²) in [6, 6.07) is 13.7. The molecule has 2 fully saturated rings. The molecule has 140 valence electrons. The van der Waals surface area contributed by atoms with Crippen LogP contribution in [0.4, 0.5) is 5.82 Å². The summed E-state index contributed by atoms with van der Waals surface area (Å²) in [6.07, 6.45) is 6.71. The van der Waals surface area contributed by atoms with E-state index in [1.165, 1.54) is 35.1 Å². The average molecular weight is 379 g/mol. The minimum absolute atomic E-state index is 0.481. The third-order valence-electron chi connectivity index (χ3n) is 6.20. The molecule has 0 amide bonds.